The number of Topliss-reactive ketones (excluding diaryl/α,β-unsaturated/α-hetero) is 1. The zero-order valence-corrected chi connectivity index (χ0v) is 21.9. The average Bonchev–Trinajstić information content (AvgIpc) is 3.38. The van der Waals surface area contributed by atoms with Crippen molar-refractivity contribution in [3.63, 3.8) is 0 Å². The number of ether oxygens (including phenoxy) is 2. The van der Waals surface area contributed by atoms with Crippen LogP contribution >= 0.6 is 0 Å². The second-order valence-electron chi connectivity index (χ2n) is 12.3. The van der Waals surface area contributed by atoms with Crippen LogP contribution in [0, 0.1) is 28.5 Å². The number of carbonyl (C=O) groups is 2. The second kappa shape index (κ2) is 8.83. The van der Waals surface area contributed by atoms with Crippen molar-refractivity contribution < 1.29 is 42.4 Å². The van der Waals surface area contributed by atoms with Gasteiger partial charge in [-0.1, -0.05) is 32.1 Å². The van der Waals surface area contributed by atoms with Gasteiger partial charge in [0.2, 0.25) is 0 Å². The van der Waals surface area contributed by atoms with Gasteiger partial charge in [0.05, 0.1) is 12.2 Å². The first-order chi connectivity index (χ1) is 18.4. The van der Waals surface area contributed by atoms with Gasteiger partial charge in [-0.3, -0.25) is 9.59 Å². The van der Waals surface area contributed by atoms with Crippen molar-refractivity contribution in [3.8, 4) is 0 Å². The van der Waals surface area contributed by atoms with E-state index < -0.39 is 82.6 Å². The van der Waals surface area contributed by atoms with Gasteiger partial charge in [-0.2, -0.15) is 0 Å². The molecule has 0 amide bonds. The summed E-state index contributed by atoms with van der Waals surface area (Å²) in [5.74, 6) is -3.28. The molecule has 3 saturated carbocycles. The van der Waals surface area contributed by atoms with Crippen molar-refractivity contribution in [1.29, 1.82) is 0 Å². The van der Waals surface area contributed by atoms with Gasteiger partial charge in [-0.15, -0.1) is 0 Å². The van der Waals surface area contributed by atoms with E-state index in [1.54, 1.807) is 26.0 Å². The minimum absolute atomic E-state index is 0.0741. The molecule has 0 radical (unpaired) electrons. The molecule has 4 fully saturated rings. The highest BCUT2D eigenvalue weighted by atomic mass is 19.1. The first kappa shape index (κ1) is 26.9. The Hall–Kier alpha value is -2.33. The molecule has 1 aromatic rings. The van der Waals surface area contributed by atoms with E-state index in [2.05, 4.69) is 0 Å². The summed E-state index contributed by atoms with van der Waals surface area (Å²) < 4.78 is 60.1. The normalized spacial score (nSPS) is 49.0. The largest absolute Gasteiger partial charge is 0.390 e. The molecule has 0 unspecified atom stereocenters. The fourth-order valence-corrected chi connectivity index (χ4v) is 9.03. The summed E-state index contributed by atoms with van der Waals surface area (Å²) in [7, 11) is 0. The third-order valence-corrected chi connectivity index (χ3v) is 10.6. The summed E-state index contributed by atoms with van der Waals surface area (Å²) in [6, 6.07) is 5.59. The number of halogens is 3. The van der Waals surface area contributed by atoms with Gasteiger partial charge in [0.1, 0.15) is 24.3 Å². The smallest absolute Gasteiger partial charge is 0.193 e. The van der Waals surface area contributed by atoms with Crippen LogP contribution in [0.4, 0.5) is 13.2 Å². The number of hydrogen-bond donors (Lipinski definition) is 2. The molecule has 9 heteroatoms. The molecule has 1 heterocycles. The molecule has 1 saturated heterocycles. The highest BCUT2D eigenvalue weighted by Crippen LogP contribution is 2.74. The highest BCUT2D eigenvalue weighted by Gasteiger charge is 2.81. The Morgan fingerprint density at radius 3 is 2.69 bits per heavy atom. The number of ketones is 2. The Morgan fingerprint density at radius 2 is 1.97 bits per heavy atom. The van der Waals surface area contributed by atoms with E-state index in [9.17, 15) is 24.2 Å². The lowest BCUT2D eigenvalue weighted by molar-refractivity contribution is -0.259. The summed E-state index contributed by atoms with van der Waals surface area (Å²) >= 11 is 0. The van der Waals surface area contributed by atoms with Gasteiger partial charge in [-0.25, -0.2) is 13.2 Å². The van der Waals surface area contributed by atoms with Crippen LogP contribution in [0.5, 0.6) is 0 Å². The Bertz CT molecular complexity index is 1280. The van der Waals surface area contributed by atoms with Gasteiger partial charge in [-0.05, 0) is 67.9 Å². The van der Waals surface area contributed by atoms with Crippen molar-refractivity contribution in [1.82, 2.24) is 0 Å². The second-order valence-corrected chi connectivity index (χ2v) is 12.3. The van der Waals surface area contributed by atoms with Gasteiger partial charge in [0, 0.05) is 22.3 Å². The van der Waals surface area contributed by atoms with E-state index in [1.807, 2.05) is 0 Å². The monoisotopic (exact) mass is 546 g/mol. The van der Waals surface area contributed by atoms with Gasteiger partial charge in [0.25, 0.3) is 0 Å². The van der Waals surface area contributed by atoms with E-state index in [4.69, 9.17) is 9.47 Å². The summed E-state index contributed by atoms with van der Waals surface area (Å²) in [6.45, 7) is 2.47. The van der Waals surface area contributed by atoms with Crippen LogP contribution in [0.25, 0.3) is 0 Å². The number of benzene rings is 1. The van der Waals surface area contributed by atoms with Crippen LogP contribution in [-0.2, 0) is 19.1 Å². The first-order valence-electron chi connectivity index (χ1n) is 13.6. The topological polar surface area (TPSA) is 93.1 Å². The van der Waals surface area contributed by atoms with Crippen LogP contribution in [0.15, 0.2) is 48.1 Å². The van der Waals surface area contributed by atoms with E-state index in [-0.39, 0.29) is 31.3 Å². The molecule has 1 aliphatic heterocycles. The minimum Gasteiger partial charge on any atom is -0.390 e. The molecular formula is C30H33F3O6. The lowest BCUT2D eigenvalue weighted by Gasteiger charge is -2.65. The Balaban J connectivity index is 1.46. The highest BCUT2D eigenvalue weighted by molar-refractivity contribution is 6.00. The van der Waals surface area contributed by atoms with Crippen molar-refractivity contribution >= 4 is 11.6 Å². The number of alkyl halides is 2. The molecule has 6 nitrogen and oxygen atoms in total. The van der Waals surface area contributed by atoms with E-state index >= 15 is 8.78 Å². The maximum Gasteiger partial charge on any atom is 0.193 e. The predicted molar refractivity (Wildman–Crippen MR) is 133 cm³/mol. The van der Waals surface area contributed by atoms with Crippen LogP contribution < -0.4 is 0 Å². The predicted octanol–water partition coefficient (Wildman–Crippen LogP) is 4.25. The van der Waals surface area contributed by atoms with Crippen LogP contribution in [0.1, 0.15) is 57.8 Å². The maximum atomic E-state index is 17.7. The zero-order valence-electron chi connectivity index (χ0n) is 21.9. The maximum absolute atomic E-state index is 17.7. The Labute approximate surface area is 224 Å². The summed E-state index contributed by atoms with van der Waals surface area (Å²) in [5, 5.41) is 21.7. The third kappa shape index (κ3) is 3.36. The van der Waals surface area contributed by atoms with Crippen LogP contribution in [-0.4, -0.2) is 58.0 Å². The Morgan fingerprint density at radius 1 is 1.21 bits per heavy atom. The summed E-state index contributed by atoms with van der Waals surface area (Å²) in [6.07, 6.45) is -0.877. The lowest BCUT2D eigenvalue weighted by Crippen LogP contribution is -2.72. The fourth-order valence-electron chi connectivity index (χ4n) is 9.03. The molecule has 1 aromatic carbocycles. The average molecular weight is 547 g/mol. The third-order valence-electron chi connectivity index (χ3n) is 10.6. The standard InChI is InChI=1S/C30H33F3O6/c1-27-13-21(32)19-11-18(35)8-3-4-9-20(19)29(27,33)23(36)14-28(2)22(27)12-25-30(28,24(37)15-34)39-26(38-25)16-6-5-7-17(31)10-16/h3,5-8,10-11,20-23,25-26,34,36H,4,9,12-15H2,1-2H3/b8-3-,19-11+/t20-,21+,22+,23+,25-,26-,27+,28+,29-,30-/m1/s1. The SMILES string of the molecule is C[C@@]12C[C@H](F)/C3=C/C(=O)/C=C\CC[C@H]3[C@@]1(F)[C@@H](O)C[C@@]1(C)[C@H]2C[C@H]2O[C@@H](c3cccc(F)c3)O[C@]21C(=O)CO. The van der Waals surface area contributed by atoms with Crippen LogP contribution in [0.3, 0.4) is 0 Å². The molecule has 2 N–H and O–H groups in total. The molecule has 0 bridgehead atoms. The summed E-state index contributed by atoms with van der Waals surface area (Å²) in [4.78, 5) is 25.9. The number of hydrogen-bond acceptors (Lipinski definition) is 6. The van der Waals surface area contributed by atoms with Gasteiger partial charge in [0.15, 0.2) is 23.5 Å². The first-order valence-corrected chi connectivity index (χ1v) is 13.6. The number of carbonyl (C=O) groups excluding carboxylic acids is 2. The molecule has 0 spiro atoms. The number of aliphatic hydroxyl groups excluding tert-OH is 2. The van der Waals surface area contributed by atoms with Crippen molar-refractivity contribution in [3.05, 3.63) is 59.4 Å². The molecule has 5 aliphatic rings. The summed E-state index contributed by atoms with van der Waals surface area (Å²) in [5.41, 5.74) is -6.29. The molecule has 39 heavy (non-hydrogen) atoms. The van der Waals surface area contributed by atoms with Crippen molar-refractivity contribution in [2.75, 3.05) is 6.61 Å². The minimum atomic E-state index is -2.28. The molecular weight excluding hydrogens is 513 g/mol. The van der Waals surface area contributed by atoms with E-state index in [1.165, 1.54) is 30.4 Å². The van der Waals surface area contributed by atoms with Crippen molar-refractivity contribution in [2.24, 2.45) is 22.7 Å². The molecule has 6 rings (SSSR count). The van der Waals surface area contributed by atoms with Gasteiger partial charge >= 0.3 is 0 Å². The zero-order chi connectivity index (χ0) is 28.0. The number of allylic oxidation sites excluding steroid dienone is 4. The van der Waals surface area contributed by atoms with Crippen LogP contribution in [0.2, 0.25) is 0 Å². The van der Waals surface area contributed by atoms with E-state index in [0.717, 1.165) is 0 Å². The number of aliphatic hydroxyl groups is 2. The van der Waals surface area contributed by atoms with E-state index in [0.29, 0.717) is 12.0 Å². The quantitative estimate of drug-likeness (QED) is 0.589. The Kier molecular flexibility index (Phi) is 6.09. The molecule has 210 valence electrons. The lowest BCUT2D eigenvalue weighted by atomic mass is 9.42. The van der Waals surface area contributed by atoms with Gasteiger partial charge < -0.3 is 19.7 Å². The molecule has 10 atom stereocenters. The number of fused-ring (bicyclic) bond motifs is 7. The number of rotatable bonds is 3. The molecule has 4 aliphatic carbocycles. The van der Waals surface area contributed by atoms with Crippen molar-refractivity contribution in [2.45, 2.75) is 81.9 Å². The molecule has 0 aromatic heterocycles. The fraction of sp³-hybridized carbons (Fsp3) is 0.600.